The van der Waals surface area contributed by atoms with E-state index < -0.39 is 0 Å². The lowest BCUT2D eigenvalue weighted by Gasteiger charge is -2.31. The van der Waals surface area contributed by atoms with Crippen molar-refractivity contribution in [2.75, 3.05) is 13.1 Å². The molecule has 1 aliphatic heterocycles. The third-order valence-corrected chi connectivity index (χ3v) is 4.41. The first-order chi connectivity index (χ1) is 12.0. The molecule has 1 aromatic heterocycles. The number of aromatic nitrogens is 2. The molecule has 0 radical (unpaired) electrons. The van der Waals surface area contributed by atoms with Gasteiger partial charge in [0.2, 0.25) is 5.91 Å². The van der Waals surface area contributed by atoms with E-state index in [9.17, 15) is 14.4 Å². The van der Waals surface area contributed by atoms with Crippen LogP contribution in [-0.4, -0.2) is 39.6 Å². The van der Waals surface area contributed by atoms with Crippen LogP contribution in [0.15, 0.2) is 47.3 Å². The third kappa shape index (κ3) is 3.93. The number of para-hydroxylation sites is 1. The van der Waals surface area contributed by atoms with E-state index in [-0.39, 0.29) is 29.0 Å². The van der Waals surface area contributed by atoms with Gasteiger partial charge in [0.05, 0.1) is 5.69 Å². The monoisotopic (exact) mass is 340 g/mol. The first-order valence-electron chi connectivity index (χ1n) is 8.28. The molecule has 1 saturated heterocycles. The second kappa shape index (κ2) is 7.29. The van der Waals surface area contributed by atoms with Crippen molar-refractivity contribution >= 4 is 11.8 Å². The van der Waals surface area contributed by atoms with Gasteiger partial charge in [0.1, 0.15) is 5.69 Å². The summed E-state index contributed by atoms with van der Waals surface area (Å²) in [4.78, 5) is 37.4. The zero-order valence-electron chi connectivity index (χ0n) is 13.8. The lowest BCUT2D eigenvalue weighted by Crippen LogP contribution is -2.40. The smallest absolute Gasteiger partial charge is 0.274 e. The second-order valence-corrected chi connectivity index (χ2v) is 6.21. The van der Waals surface area contributed by atoms with Crippen LogP contribution in [0.2, 0.25) is 0 Å². The number of piperidine rings is 1. The quantitative estimate of drug-likeness (QED) is 0.896. The van der Waals surface area contributed by atoms with Gasteiger partial charge in [-0.15, -0.1) is 0 Å². The maximum atomic E-state index is 12.7. The molecule has 2 heterocycles. The maximum absolute atomic E-state index is 12.7. The van der Waals surface area contributed by atoms with Gasteiger partial charge in [-0.05, 0) is 37.0 Å². The number of carbonyl (C=O) groups excluding carboxylic acids is 2. The number of hydrogen-bond donors (Lipinski definition) is 1. The highest BCUT2D eigenvalue weighted by Crippen LogP contribution is 2.21. The summed E-state index contributed by atoms with van der Waals surface area (Å²) in [5.41, 5.74) is 5.79. The highest BCUT2D eigenvalue weighted by atomic mass is 16.2. The van der Waals surface area contributed by atoms with Gasteiger partial charge in [0.25, 0.3) is 11.5 Å². The minimum absolute atomic E-state index is 0.206. The van der Waals surface area contributed by atoms with E-state index in [1.54, 1.807) is 17.0 Å². The summed E-state index contributed by atoms with van der Waals surface area (Å²) in [7, 11) is 0. The van der Waals surface area contributed by atoms with Crippen molar-refractivity contribution < 1.29 is 9.59 Å². The Balaban J connectivity index is 1.75. The average Bonchev–Trinajstić information content (AvgIpc) is 2.62. The third-order valence-electron chi connectivity index (χ3n) is 4.41. The molecule has 0 saturated carbocycles. The largest absolute Gasteiger partial charge is 0.370 e. The molecule has 0 spiro atoms. The van der Waals surface area contributed by atoms with Crippen LogP contribution >= 0.6 is 0 Å². The van der Waals surface area contributed by atoms with Crippen molar-refractivity contribution in [3.63, 3.8) is 0 Å². The molecule has 2 amide bonds. The number of carbonyl (C=O) groups is 2. The van der Waals surface area contributed by atoms with Crippen LogP contribution in [0.1, 0.15) is 29.8 Å². The van der Waals surface area contributed by atoms with Gasteiger partial charge in [-0.3, -0.25) is 14.4 Å². The summed E-state index contributed by atoms with van der Waals surface area (Å²) in [6.45, 7) is 1.12. The molecule has 2 N–H and O–H groups in total. The fourth-order valence-corrected chi connectivity index (χ4v) is 3.07. The maximum Gasteiger partial charge on any atom is 0.274 e. The van der Waals surface area contributed by atoms with Crippen LogP contribution in [-0.2, 0) is 4.79 Å². The van der Waals surface area contributed by atoms with Crippen molar-refractivity contribution in [1.82, 2.24) is 14.7 Å². The number of likely N-dealkylation sites (tertiary alicyclic amines) is 1. The van der Waals surface area contributed by atoms with Crippen molar-refractivity contribution in [1.29, 1.82) is 0 Å². The molecular formula is C18H20N4O3. The van der Waals surface area contributed by atoms with Gasteiger partial charge in [-0.1, -0.05) is 18.2 Å². The Morgan fingerprint density at radius 2 is 1.76 bits per heavy atom. The van der Waals surface area contributed by atoms with Crippen molar-refractivity contribution in [3.8, 4) is 5.69 Å². The molecule has 7 heteroatoms. The standard InChI is InChI=1S/C18H20N4O3/c19-16(23)12-13-8-10-21(11-9-13)18(25)15-6-7-17(24)22(20-15)14-4-2-1-3-5-14/h1-7,13H,8-12H2,(H2,19,23). The van der Waals surface area contributed by atoms with Crippen LogP contribution in [0.25, 0.3) is 5.69 Å². The zero-order valence-corrected chi connectivity index (χ0v) is 13.8. The molecule has 1 aromatic carbocycles. The minimum atomic E-state index is -0.304. The Bertz CT molecular complexity index is 824. The second-order valence-electron chi connectivity index (χ2n) is 6.21. The summed E-state index contributed by atoms with van der Waals surface area (Å²) in [6.07, 6.45) is 1.85. The number of nitrogens with zero attached hydrogens (tertiary/aromatic N) is 3. The van der Waals surface area contributed by atoms with E-state index in [1.165, 1.54) is 16.8 Å². The van der Waals surface area contributed by atoms with Crippen LogP contribution in [0.3, 0.4) is 0 Å². The average molecular weight is 340 g/mol. The Labute approximate surface area is 145 Å². The first-order valence-corrected chi connectivity index (χ1v) is 8.28. The Morgan fingerprint density at radius 3 is 2.40 bits per heavy atom. The lowest BCUT2D eigenvalue weighted by atomic mass is 9.93. The Morgan fingerprint density at radius 1 is 1.08 bits per heavy atom. The van der Waals surface area contributed by atoms with Crippen molar-refractivity contribution in [2.45, 2.75) is 19.3 Å². The molecule has 7 nitrogen and oxygen atoms in total. The van der Waals surface area contributed by atoms with Gasteiger partial charge in [0.15, 0.2) is 0 Å². The number of hydrogen-bond acceptors (Lipinski definition) is 4. The summed E-state index contributed by atoms with van der Waals surface area (Å²) in [6, 6.07) is 11.8. The SMILES string of the molecule is NC(=O)CC1CCN(C(=O)c2ccc(=O)n(-c3ccccc3)n2)CC1. The normalized spacial score (nSPS) is 15.1. The van der Waals surface area contributed by atoms with E-state index in [0.717, 1.165) is 12.8 Å². The van der Waals surface area contributed by atoms with Crippen LogP contribution in [0, 0.1) is 5.92 Å². The molecule has 130 valence electrons. The Kier molecular flexibility index (Phi) is 4.92. The predicted molar refractivity (Wildman–Crippen MR) is 92.3 cm³/mol. The summed E-state index contributed by atoms with van der Waals surface area (Å²) < 4.78 is 1.23. The molecule has 1 aliphatic rings. The van der Waals surface area contributed by atoms with E-state index in [0.29, 0.717) is 25.2 Å². The predicted octanol–water partition coefficient (Wildman–Crippen LogP) is 0.960. The molecule has 0 atom stereocenters. The van der Waals surface area contributed by atoms with E-state index in [2.05, 4.69) is 5.10 Å². The highest BCUT2D eigenvalue weighted by Gasteiger charge is 2.25. The first kappa shape index (κ1) is 16.9. The molecular weight excluding hydrogens is 320 g/mol. The summed E-state index contributed by atoms with van der Waals surface area (Å²) in [5.74, 6) is -0.281. The van der Waals surface area contributed by atoms with Crippen LogP contribution < -0.4 is 11.3 Å². The number of primary amides is 1. The molecule has 2 aromatic rings. The topological polar surface area (TPSA) is 98.3 Å². The lowest BCUT2D eigenvalue weighted by molar-refractivity contribution is -0.119. The molecule has 0 bridgehead atoms. The van der Waals surface area contributed by atoms with Crippen LogP contribution in [0.5, 0.6) is 0 Å². The summed E-state index contributed by atoms with van der Waals surface area (Å²) in [5, 5.41) is 4.22. The van der Waals surface area contributed by atoms with Crippen LogP contribution in [0.4, 0.5) is 0 Å². The van der Waals surface area contributed by atoms with Crippen molar-refractivity contribution in [3.05, 3.63) is 58.5 Å². The number of nitrogens with two attached hydrogens (primary N) is 1. The molecule has 3 rings (SSSR count). The number of benzene rings is 1. The number of amides is 2. The van der Waals surface area contributed by atoms with E-state index in [1.807, 2.05) is 18.2 Å². The fraction of sp³-hybridized carbons (Fsp3) is 0.333. The molecule has 0 unspecified atom stereocenters. The molecule has 25 heavy (non-hydrogen) atoms. The molecule has 1 fully saturated rings. The Hall–Kier alpha value is -2.96. The number of rotatable bonds is 4. The van der Waals surface area contributed by atoms with Gasteiger partial charge in [0, 0.05) is 25.6 Å². The fourth-order valence-electron chi connectivity index (χ4n) is 3.07. The van der Waals surface area contributed by atoms with Gasteiger partial charge in [-0.25, -0.2) is 0 Å². The van der Waals surface area contributed by atoms with Gasteiger partial charge < -0.3 is 10.6 Å². The van der Waals surface area contributed by atoms with E-state index in [4.69, 9.17) is 5.73 Å². The summed E-state index contributed by atoms with van der Waals surface area (Å²) >= 11 is 0. The zero-order chi connectivity index (χ0) is 17.8. The highest BCUT2D eigenvalue weighted by molar-refractivity contribution is 5.92. The molecule has 0 aliphatic carbocycles. The minimum Gasteiger partial charge on any atom is -0.370 e. The van der Waals surface area contributed by atoms with E-state index >= 15 is 0 Å². The van der Waals surface area contributed by atoms with Gasteiger partial charge >= 0.3 is 0 Å². The van der Waals surface area contributed by atoms with Crippen molar-refractivity contribution in [2.24, 2.45) is 11.7 Å². The van der Waals surface area contributed by atoms with Gasteiger partial charge in [-0.2, -0.15) is 9.78 Å².